The molecule has 8 heteroatoms. The van der Waals surface area contributed by atoms with Gasteiger partial charge in [0.1, 0.15) is 0 Å². The van der Waals surface area contributed by atoms with E-state index in [1.807, 2.05) is 0 Å². The molecule has 0 bridgehead atoms. The molecule has 0 aliphatic heterocycles. The number of nitrogens with two attached hydrogens (primary N) is 1. The van der Waals surface area contributed by atoms with E-state index in [1.165, 1.54) is 18.2 Å². The lowest BCUT2D eigenvalue weighted by Gasteiger charge is -2.08. The molecule has 116 valence electrons. The van der Waals surface area contributed by atoms with Gasteiger partial charge in [-0.1, -0.05) is 35.3 Å². The van der Waals surface area contributed by atoms with Gasteiger partial charge in [0.15, 0.2) is 0 Å². The van der Waals surface area contributed by atoms with Gasteiger partial charge >= 0.3 is 0 Å². The summed E-state index contributed by atoms with van der Waals surface area (Å²) in [7, 11) is -3.83. The van der Waals surface area contributed by atoms with Crippen LogP contribution in [0.25, 0.3) is 0 Å². The van der Waals surface area contributed by atoms with Crippen molar-refractivity contribution in [2.75, 3.05) is 5.32 Å². The topological polar surface area (TPSA) is 89.3 Å². The van der Waals surface area contributed by atoms with Gasteiger partial charge in [-0.15, -0.1) is 0 Å². The molecule has 0 aromatic heterocycles. The van der Waals surface area contributed by atoms with Crippen molar-refractivity contribution < 1.29 is 13.2 Å². The Morgan fingerprint density at radius 1 is 1.09 bits per heavy atom. The van der Waals surface area contributed by atoms with Crippen molar-refractivity contribution >= 4 is 44.8 Å². The van der Waals surface area contributed by atoms with Crippen molar-refractivity contribution in [1.82, 2.24) is 0 Å². The fourth-order valence-corrected chi connectivity index (χ4v) is 2.71. The van der Waals surface area contributed by atoms with Gasteiger partial charge < -0.3 is 5.32 Å². The van der Waals surface area contributed by atoms with Gasteiger partial charge in [-0.05, 0) is 35.9 Å². The van der Waals surface area contributed by atoms with E-state index in [4.69, 9.17) is 28.3 Å². The van der Waals surface area contributed by atoms with Crippen molar-refractivity contribution in [2.45, 2.75) is 11.3 Å². The quantitative estimate of drug-likeness (QED) is 0.880. The Bertz CT molecular complexity index is 805. The molecule has 0 spiro atoms. The molecule has 0 saturated carbocycles. The maximum atomic E-state index is 12.0. The lowest BCUT2D eigenvalue weighted by Crippen LogP contribution is -2.15. The monoisotopic (exact) mass is 358 g/mol. The molecule has 0 unspecified atom stereocenters. The van der Waals surface area contributed by atoms with Crippen LogP contribution in [-0.4, -0.2) is 14.3 Å². The number of anilines is 1. The molecule has 0 heterocycles. The summed E-state index contributed by atoms with van der Waals surface area (Å²) in [6.45, 7) is 0. The summed E-state index contributed by atoms with van der Waals surface area (Å²) in [5.74, 6) is -0.285. The lowest BCUT2D eigenvalue weighted by molar-refractivity contribution is -0.115. The minimum absolute atomic E-state index is 0.0935. The number of halogens is 2. The fraction of sp³-hybridized carbons (Fsp3) is 0.0714. The third-order valence-electron chi connectivity index (χ3n) is 2.82. The lowest BCUT2D eigenvalue weighted by atomic mass is 10.1. The second-order valence-corrected chi connectivity index (χ2v) is 6.94. The van der Waals surface area contributed by atoms with Crippen molar-refractivity contribution in [2.24, 2.45) is 5.14 Å². The standard InChI is InChI=1S/C14H12Cl2N2O3S/c15-10-3-1-9(2-4-10)7-14(19)18-13-6-5-11(8-12(13)16)22(17,20)21/h1-6,8H,7H2,(H,18,19)(H2,17,20,21). The number of amides is 1. The van der Waals surface area contributed by atoms with Crippen LogP contribution in [0.4, 0.5) is 5.69 Å². The first-order valence-corrected chi connectivity index (χ1v) is 8.42. The number of sulfonamides is 1. The number of hydrogen-bond acceptors (Lipinski definition) is 3. The largest absolute Gasteiger partial charge is 0.324 e. The second-order valence-electron chi connectivity index (χ2n) is 4.54. The number of hydrogen-bond donors (Lipinski definition) is 2. The Labute approximate surface area is 138 Å². The van der Waals surface area contributed by atoms with E-state index in [0.29, 0.717) is 10.7 Å². The Morgan fingerprint density at radius 2 is 1.73 bits per heavy atom. The molecular weight excluding hydrogens is 347 g/mol. The molecule has 2 aromatic rings. The van der Waals surface area contributed by atoms with E-state index in [1.54, 1.807) is 24.3 Å². The Hall–Kier alpha value is -1.60. The molecule has 0 radical (unpaired) electrons. The zero-order valence-corrected chi connectivity index (χ0v) is 13.5. The van der Waals surface area contributed by atoms with Crippen molar-refractivity contribution in [3.05, 3.63) is 58.1 Å². The predicted octanol–water partition coefficient (Wildman–Crippen LogP) is 2.82. The average molecular weight is 359 g/mol. The molecule has 0 fully saturated rings. The van der Waals surface area contributed by atoms with Gasteiger partial charge in [0.25, 0.3) is 0 Å². The van der Waals surface area contributed by atoms with Gasteiger partial charge in [0.05, 0.1) is 22.0 Å². The summed E-state index contributed by atoms with van der Waals surface area (Å²) in [6, 6.07) is 10.7. The molecule has 2 aromatic carbocycles. The first-order chi connectivity index (χ1) is 10.3. The number of rotatable bonds is 4. The summed E-state index contributed by atoms with van der Waals surface area (Å²) < 4.78 is 22.4. The minimum Gasteiger partial charge on any atom is -0.324 e. The minimum atomic E-state index is -3.83. The SMILES string of the molecule is NS(=O)(=O)c1ccc(NC(=O)Cc2ccc(Cl)cc2)c(Cl)c1. The molecule has 0 aliphatic carbocycles. The van der Waals surface area contributed by atoms with Crippen LogP contribution in [0.2, 0.25) is 10.0 Å². The van der Waals surface area contributed by atoms with E-state index in [-0.39, 0.29) is 22.2 Å². The Balaban J connectivity index is 2.10. The summed E-state index contributed by atoms with van der Waals surface area (Å²) >= 11 is 11.7. The average Bonchev–Trinajstić information content (AvgIpc) is 2.42. The van der Waals surface area contributed by atoms with Crippen molar-refractivity contribution in [1.29, 1.82) is 0 Å². The van der Waals surface area contributed by atoms with E-state index in [9.17, 15) is 13.2 Å². The van der Waals surface area contributed by atoms with Gasteiger partial charge in [-0.3, -0.25) is 4.79 Å². The van der Waals surface area contributed by atoms with Gasteiger partial charge in [0.2, 0.25) is 15.9 Å². The van der Waals surface area contributed by atoms with Crippen LogP contribution in [0.15, 0.2) is 47.4 Å². The van der Waals surface area contributed by atoms with E-state index in [0.717, 1.165) is 5.56 Å². The zero-order chi connectivity index (χ0) is 16.3. The van der Waals surface area contributed by atoms with E-state index < -0.39 is 10.0 Å². The molecule has 1 amide bonds. The molecule has 22 heavy (non-hydrogen) atoms. The summed E-state index contributed by atoms with van der Waals surface area (Å²) in [4.78, 5) is 11.8. The zero-order valence-electron chi connectivity index (χ0n) is 11.2. The van der Waals surface area contributed by atoms with Gasteiger partial charge in [-0.2, -0.15) is 0 Å². The highest BCUT2D eigenvalue weighted by Crippen LogP contribution is 2.25. The Kier molecular flexibility index (Phi) is 5.08. The maximum absolute atomic E-state index is 12.0. The highest BCUT2D eigenvalue weighted by Gasteiger charge is 2.12. The van der Waals surface area contributed by atoms with Crippen LogP contribution in [-0.2, 0) is 21.2 Å². The van der Waals surface area contributed by atoms with Crippen LogP contribution < -0.4 is 10.5 Å². The highest BCUT2D eigenvalue weighted by molar-refractivity contribution is 7.89. The number of nitrogens with one attached hydrogen (secondary N) is 1. The van der Waals surface area contributed by atoms with Crippen LogP contribution in [0, 0.1) is 0 Å². The molecule has 0 aliphatic rings. The summed E-state index contributed by atoms with van der Waals surface area (Å²) in [6.07, 6.45) is 0.143. The van der Waals surface area contributed by atoms with Crippen LogP contribution >= 0.6 is 23.2 Å². The van der Waals surface area contributed by atoms with Crippen LogP contribution in [0.5, 0.6) is 0 Å². The van der Waals surface area contributed by atoms with E-state index >= 15 is 0 Å². The number of benzene rings is 2. The first-order valence-electron chi connectivity index (χ1n) is 6.12. The molecule has 3 N–H and O–H groups in total. The summed E-state index contributed by atoms with van der Waals surface area (Å²) in [5, 5.41) is 8.30. The number of primary sulfonamides is 1. The summed E-state index contributed by atoms with van der Waals surface area (Å²) in [5.41, 5.74) is 1.10. The highest BCUT2D eigenvalue weighted by atomic mass is 35.5. The van der Waals surface area contributed by atoms with Crippen molar-refractivity contribution in [3.8, 4) is 0 Å². The van der Waals surface area contributed by atoms with Crippen LogP contribution in [0.3, 0.4) is 0 Å². The number of carbonyl (C=O) groups is 1. The molecule has 2 rings (SSSR count). The normalized spacial score (nSPS) is 11.2. The first kappa shape index (κ1) is 16.8. The number of carbonyl (C=O) groups excluding carboxylic acids is 1. The van der Waals surface area contributed by atoms with Crippen molar-refractivity contribution in [3.63, 3.8) is 0 Å². The maximum Gasteiger partial charge on any atom is 0.238 e. The third-order valence-corrected chi connectivity index (χ3v) is 4.30. The smallest absolute Gasteiger partial charge is 0.238 e. The third kappa shape index (κ3) is 4.45. The van der Waals surface area contributed by atoms with Crippen LogP contribution in [0.1, 0.15) is 5.56 Å². The molecule has 0 atom stereocenters. The second kappa shape index (κ2) is 6.66. The molecule has 0 saturated heterocycles. The van der Waals surface area contributed by atoms with E-state index in [2.05, 4.69) is 5.32 Å². The van der Waals surface area contributed by atoms with Gasteiger partial charge in [-0.25, -0.2) is 13.6 Å². The Morgan fingerprint density at radius 3 is 2.27 bits per heavy atom. The molecular formula is C14H12Cl2N2O3S. The fourth-order valence-electron chi connectivity index (χ4n) is 1.76. The van der Waals surface area contributed by atoms with Gasteiger partial charge in [0, 0.05) is 5.02 Å². The molecule has 5 nitrogen and oxygen atoms in total. The predicted molar refractivity (Wildman–Crippen MR) is 86.6 cm³/mol.